The number of benzene rings is 2. The Kier molecular flexibility index (Phi) is 7.85. The van der Waals surface area contributed by atoms with Gasteiger partial charge in [-0.3, -0.25) is 4.79 Å². The zero-order valence-electron chi connectivity index (χ0n) is 19.0. The molecule has 1 aliphatic rings. The summed E-state index contributed by atoms with van der Waals surface area (Å²) in [6, 6.07) is 15.4. The number of carbonyl (C=O) groups excluding carboxylic acids is 2. The summed E-state index contributed by atoms with van der Waals surface area (Å²) in [5.74, 6) is -0.271. The molecule has 1 heterocycles. The Hall–Kier alpha value is -2.66. The van der Waals surface area contributed by atoms with Gasteiger partial charge in [0.05, 0.1) is 13.1 Å². The SMILES string of the molecule is Cc1cccc(C)c1NC(=O)C(C)[N+]1(CC(=O)OCc2ccccc2)CCCCCC1. The summed E-state index contributed by atoms with van der Waals surface area (Å²) in [6.07, 6.45) is 4.33. The van der Waals surface area contributed by atoms with Gasteiger partial charge in [-0.2, -0.15) is 0 Å². The average Bonchev–Trinajstić information content (AvgIpc) is 3.01. The number of rotatable bonds is 7. The van der Waals surface area contributed by atoms with Gasteiger partial charge in [0.2, 0.25) is 0 Å². The number of nitrogens with one attached hydrogen (secondary N) is 1. The van der Waals surface area contributed by atoms with Crippen LogP contribution in [0.1, 0.15) is 49.3 Å². The highest BCUT2D eigenvalue weighted by Crippen LogP contribution is 2.26. The first-order valence-electron chi connectivity index (χ1n) is 11.3. The number of ether oxygens (including phenoxy) is 1. The van der Waals surface area contributed by atoms with Crippen molar-refractivity contribution in [2.45, 2.75) is 59.1 Å². The van der Waals surface area contributed by atoms with Crippen LogP contribution in [-0.2, 0) is 20.9 Å². The second-order valence-corrected chi connectivity index (χ2v) is 8.82. The van der Waals surface area contributed by atoms with Crippen LogP contribution >= 0.6 is 0 Å². The lowest BCUT2D eigenvalue weighted by Crippen LogP contribution is -2.61. The van der Waals surface area contributed by atoms with E-state index in [-0.39, 0.29) is 31.1 Å². The van der Waals surface area contributed by atoms with Crippen molar-refractivity contribution in [3.05, 3.63) is 65.2 Å². The van der Waals surface area contributed by atoms with Crippen LogP contribution in [0.5, 0.6) is 0 Å². The maximum Gasteiger partial charge on any atom is 0.362 e. The molecule has 0 aliphatic carbocycles. The van der Waals surface area contributed by atoms with Crippen molar-refractivity contribution in [3.63, 3.8) is 0 Å². The number of hydrogen-bond donors (Lipinski definition) is 1. The molecular weight excluding hydrogens is 388 g/mol. The van der Waals surface area contributed by atoms with Crippen molar-refractivity contribution < 1.29 is 18.8 Å². The van der Waals surface area contributed by atoms with Crippen molar-refractivity contribution in [1.29, 1.82) is 0 Å². The Balaban J connectivity index is 1.73. The van der Waals surface area contributed by atoms with Crippen LogP contribution in [0.3, 0.4) is 0 Å². The number of aryl methyl sites for hydroxylation is 2. The lowest BCUT2D eigenvalue weighted by atomic mass is 10.1. The van der Waals surface area contributed by atoms with Gasteiger partial charge < -0.3 is 14.5 Å². The normalized spacial score (nSPS) is 16.7. The van der Waals surface area contributed by atoms with Gasteiger partial charge in [-0.25, -0.2) is 4.79 Å². The fourth-order valence-electron chi connectivity index (χ4n) is 4.53. The average molecular weight is 424 g/mol. The summed E-state index contributed by atoms with van der Waals surface area (Å²) in [4.78, 5) is 26.1. The molecule has 1 aliphatic heterocycles. The van der Waals surface area contributed by atoms with Crippen LogP contribution in [0, 0.1) is 13.8 Å². The summed E-state index contributed by atoms with van der Waals surface area (Å²) < 4.78 is 6.06. The molecule has 3 rings (SSSR count). The van der Waals surface area contributed by atoms with Crippen molar-refractivity contribution >= 4 is 17.6 Å². The summed E-state index contributed by atoms with van der Waals surface area (Å²) in [6.45, 7) is 8.11. The van der Waals surface area contributed by atoms with Crippen LogP contribution < -0.4 is 5.32 Å². The maximum absolute atomic E-state index is 13.3. The Morgan fingerprint density at radius 2 is 1.55 bits per heavy atom. The van der Waals surface area contributed by atoms with E-state index in [4.69, 9.17) is 4.74 Å². The van der Waals surface area contributed by atoms with Crippen LogP contribution in [0.2, 0.25) is 0 Å². The highest BCUT2D eigenvalue weighted by Gasteiger charge is 2.41. The zero-order valence-corrected chi connectivity index (χ0v) is 19.0. The third-order valence-corrected chi connectivity index (χ3v) is 6.57. The molecule has 0 spiro atoms. The quantitative estimate of drug-likeness (QED) is 0.516. The van der Waals surface area contributed by atoms with Crippen molar-refractivity contribution in [3.8, 4) is 0 Å². The lowest BCUT2D eigenvalue weighted by Gasteiger charge is -2.41. The number of carbonyl (C=O) groups is 2. The number of likely N-dealkylation sites (tertiary alicyclic amines) is 1. The van der Waals surface area contributed by atoms with E-state index in [0.29, 0.717) is 4.48 Å². The number of hydrogen-bond acceptors (Lipinski definition) is 3. The minimum absolute atomic E-state index is 0.0323. The maximum atomic E-state index is 13.3. The van der Waals surface area contributed by atoms with Gasteiger partial charge in [0.1, 0.15) is 6.61 Å². The first kappa shape index (κ1) is 23.0. The number of para-hydroxylation sites is 1. The van der Waals surface area contributed by atoms with Gasteiger partial charge >= 0.3 is 5.97 Å². The molecule has 5 heteroatoms. The minimum Gasteiger partial charge on any atom is -0.457 e. The van der Waals surface area contributed by atoms with Crippen LogP contribution in [0.4, 0.5) is 5.69 Å². The molecular formula is C26H35N2O3+. The van der Waals surface area contributed by atoms with E-state index in [1.165, 1.54) is 0 Å². The second-order valence-electron chi connectivity index (χ2n) is 8.82. The molecule has 1 unspecified atom stereocenters. The highest BCUT2D eigenvalue weighted by molar-refractivity contribution is 5.95. The molecule has 31 heavy (non-hydrogen) atoms. The fourth-order valence-corrected chi connectivity index (χ4v) is 4.53. The number of nitrogens with zero attached hydrogens (tertiary/aromatic N) is 1. The number of amides is 1. The smallest absolute Gasteiger partial charge is 0.362 e. The molecule has 166 valence electrons. The first-order valence-corrected chi connectivity index (χ1v) is 11.3. The van der Waals surface area contributed by atoms with E-state index in [9.17, 15) is 9.59 Å². The molecule has 0 radical (unpaired) electrons. The Bertz CT molecular complexity index is 867. The standard InChI is InChI=1S/C26H34N2O3/c1-20-12-11-13-21(2)25(20)27-26(30)22(3)28(16-9-4-5-10-17-28)18-24(29)31-19-23-14-7-6-8-15-23/h6-8,11-15,22H,4-5,9-10,16-19H2,1-3H3/p+1. The van der Waals surface area contributed by atoms with Gasteiger partial charge in [-0.05, 0) is 63.1 Å². The van der Waals surface area contributed by atoms with Gasteiger partial charge in [0.25, 0.3) is 5.91 Å². The molecule has 0 bridgehead atoms. The van der Waals surface area contributed by atoms with E-state index in [2.05, 4.69) is 5.32 Å². The van der Waals surface area contributed by atoms with Gasteiger partial charge in [0, 0.05) is 5.69 Å². The van der Waals surface area contributed by atoms with E-state index < -0.39 is 0 Å². The van der Waals surface area contributed by atoms with Crippen LogP contribution in [0.25, 0.3) is 0 Å². The van der Waals surface area contributed by atoms with Crippen molar-refractivity contribution in [2.75, 3.05) is 25.0 Å². The molecule has 1 atom stereocenters. The van der Waals surface area contributed by atoms with Crippen molar-refractivity contribution in [1.82, 2.24) is 0 Å². The Morgan fingerprint density at radius 3 is 2.16 bits per heavy atom. The molecule has 0 aromatic heterocycles. The molecule has 1 saturated heterocycles. The fraction of sp³-hybridized carbons (Fsp3) is 0.462. The zero-order chi connectivity index (χ0) is 22.3. The molecule has 2 aromatic carbocycles. The predicted octanol–water partition coefficient (Wildman–Crippen LogP) is 4.76. The summed E-state index contributed by atoms with van der Waals surface area (Å²) in [5.41, 5.74) is 3.94. The lowest BCUT2D eigenvalue weighted by molar-refractivity contribution is -0.933. The van der Waals surface area contributed by atoms with Gasteiger partial charge in [-0.1, -0.05) is 48.5 Å². The highest BCUT2D eigenvalue weighted by atomic mass is 16.5. The summed E-state index contributed by atoms with van der Waals surface area (Å²) >= 11 is 0. The summed E-state index contributed by atoms with van der Waals surface area (Å²) in [7, 11) is 0. The van der Waals surface area contributed by atoms with Gasteiger partial charge in [-0.15, -0.1) is 0 Å². The monoisotopic (exact) mass is 423 g/mol. The van der Waals surface area contributed by atoms with E-state index in [1.54, 1.807) is 0 Å². The molecule has 2 aromatic rings. The topological polar surface area (TPSA) is 55.4 Å². The van der Waals surface area contributed by atoms with Crippen LogP contribution in [0.15, 0.2) is 48.5 Å². The molecule has 1 N–H and O–H groups in total. The Morgan fingerprint density at radius 1 is 0.935 bits per heavy atom. The molecule has 1 fully saturated rings. The largest absolute Gasteiger partial charge is 0.457 e. The third kappa shape index (κ3) is 5.95. The van der Waals surface area contributed by atoms with E-state index >= 15 is 0 Å². The number of esters is 1. The van der Waals surface area contributed by atoms with Crippen LogP contribution in [-0.4, -0.2) is 42.0 Å². The Labute approximate surface area is 186 Å². The molecule has 5 nitrogen and oxygen atoms in total. The molecule has 0 saturated carbocycles. The molecule has 1 amide bonds. The first-order chi connectivity index (χ1) is 14.9. The minimum atomic E-state index is -0.332. The van der Waals surface area contributed by atoms with E-state index in [0.717, 1.165) is 61.2 Å². The summed E-state index contributed by atoms with van der Waals surface area (Å²) in [5, 5.41) is 3.15. The second kappa shape index (κ2) is 10.6. The van der Waals surface area contributed by atoms with E-state index in [1.807, 2.05) is 69.3 Å². The van der Waals surface area contributed by atoms with Crippen molar-refractivity contribution in [2.24, 2.45) is 0 Å². The third-order valence-electron chi connectivity index (χ3n) is 6.57. The number of anilines is 1. The number of quaternary nitrogens is 1. The predicted molar refractivity (Wildman–Crippen MR) is 124 cm³/mol. The van der Waals surface area contributed by atoms with Gasteiger partial charge in [0.15, 0.2) is 12.6 Å².